The van der Waals surface area contributed by atoms with Crippen molar-refractivity contribution in [2.45, 2.75) is 75.9 Å². The van der Waals surface area contributed by atoms with E-state index in [0.717, 1.165) is 11.8 Å². The van der Waals surface area contributed by atoms with Crippen molar-refractivity contribution in [1.82, 2.24) is 0 Å². The van der Waals surface area contributed by atoms with Crippen LogP contribution >= 0.6 is 11.8 Å². The van der Waals surface area contributed by atoms with Crippen molar-refractivity contribution in [2.24, 2.45) is 5.73 Å². The molecule has 0 amide bonds. The molecule has 0 radical (unpaired) electrons. The van der Waals surface area contributed by atoms with Gasteiger partial charge in [0.1, 0.15) is 0 Å². The van der Waals surface area contributed by atoms with E-state index >= 15 is 0 Å². The van der Waals surface area contributed by atoms with Crippen LogP contribution in [0.1, 0.15) is 77.0 Å². The van der Waals surface area contributed by atoms with E-state index in [2.05, 4.69) is 20.0 Å². The number of aromatic carboxylic acids is 2. The Morgan fingerprint density at radius 1 is 1.03 bits per heavy atom. The molecule has 7 heteroatoms. The number of benzene rings is 1. The van der Waals surface area contributed by atoms with Crippen molar-refractivity contribution < 1.29 is 19.8 Å². The van der Waals surface area contributed by atoms with Gasteiger partial charge >= 0.3 is 11.9 Å². The second-order valence-corrected chi connectivity index (χ2v) is 15.1. The average molecular weight is 440 g/mol. The normalized spacial score (nSPS) is 12.7. The first-order chi connectivity index (χ1) is 13.7. The molecule has 5 nitrogen and oxygen atoms in total. The van der Waals surface area contributed by atoms with Crippen molar-refractivity contribution >= 4 is 31.8 Å². The summed E-state index contributed by atoms with van der Waals surface area (Å²) in [5.41, 5.74) is 6.69. The number of hydrogen-bond acceptors (Lipinski definition) is 4. The van der Waals surface area contributed by atoms with Gasteiger partial charge < -0.3 is 15.9 Å². The Balaban J connectivity index is 2.64. The van der Waals surface area contributed by atoms with Crippen LogP contribution in [-0.2, 0) is 0 Å². The summed E-state index contributed by atoms with van der Waals surface area (Å²) in [7, 11) is -1.29. The van der Waals surface area contributed by atoms with Crippen molar-refractivity contribution in [3.63, 3.8) is 0 Å². The lowest BCUT2D eigenvalue weighted by atomic mass is 10.0. The largest absolute Gasteiger partial charge is 0.478 e. The van der Waals surface area contributed by atoms with Gasteiger partial charge in [-0.05, 0) is 35.6 Å². The van der Waals surface area contributed by atoms with Gasteiger partial charge in [0, 0.05) is 19.9 Å². The summed E-state index contributed by atoms with van der Waals surface area (Å²) in [4.78, 5) is 22.9. The third kappa shape index (κ3) is 9.36. The maximum absolute atomic E-state index is 11.6. The van der Waals surface area contributed by atoms with Crippen LogP contribution in [0.15, 0.2) is 18.2 Å². The average Bonchev–Trinajstić information content (AvgIpc) is 2.67. The molecule has 29 heavy (non-hydrogen) atoms. The van der Waals surface area contributed by atoms with E-state index < -0.39 is 20.0 Å². The van der Waals surface area contributed by atoms with Gasteiger partial charge in [-0.3, -0.25) is 0 Å². The molecule has 4 N–H and O–H groups in total. The lowest BCUT2D eigenvalue weighted by Gasteiger charge is -2.24. The highest BCUT2D eigenvalue weighted by atomic mass is 32.2. The fraction of sp³-hybridized carbons (Fsp3) is 0.636. The third-order valence-corrected chi connectivity index (χ3v) is 10.4. The van der Waals surface area contributed by atoms with Crippen LogP contribution in [0, 0.1) is 0 Å². The molecule has 1 unspecified atom stereocenters. The minimum atomic E-state index is -1.29. The first kappa shape index (κ1) is 25.7. The lowest BCUT2D eigenvalue weighted by Crippen LogP contribution is -2.26. The van der Waals surface area contributed by atoms with Crippen molar-refractivity contribution in [3.8, 4) is 0 Å². The van der Waals surface area contributed by atoms with Gasteiger partial charge in [-0.1, -0.05) is 64.6 Å². The van der Waals surface area contributed by atoms with Crippen molar-refractivity contribution in [1.29, 1.82) is 0 Å². The molecule has 1 atom stereocenters. The summed E-state index contributed by atoms with van der Waals surface area (Å²) >= 11 is 1.66. The third-order valence-electron chi connectivity index (χ3n) is 5.39. The van der Waals surface area contributed by atoms with Crippen molar-refractivity contribution in [3.05, 3.63) is 34.9 Å². The fourth-order valence-corrected chi connectivity index (χ4v) is 8.36. The maximum Gasteiger partial charge on any atom is 0.336 e. The number of thioether (sulfide) groups is 1. The minimum absolute atomic E-state index is 0.0989. The summed E-state index contributed by atoms with van der Waals surface area (Å²) in [5, 5.41) is 18.5. The molecule has 0 aliphatic heterocycles. The second-order valence-electron chi connectivity index (χ2n) is 8.44. The molecule has 0 aliphatic rings. The standard InChI is InChI=1S/C22H37NO4SSi/c1-4-5-6-7-8-9-13-29(2,3)14-12-28-20(16-23)19-15-17(21(24)25)10-11-18(19)22(26)27/h10-11,15,20H,4-9,12-14,16,23H2,1-3H3,(H,24,25)(H,26,27). The number of hydrogen-bond donors (Lipinski definition) is 3. The van der Waals surface area contributed by atoms with Crippen molar-refractivity contribution in [2.75, 3.05) is 12.3 Å². The zero-order chi connectivity index (χ0) is 21.9. The molecule has 1 aromatic carbocycles. The molecular formula is C22H37NO4SSi. The van der Waals surface area contributed by atoms with E-state index in [1.807, 2.05) is 0 Å². The number of nitrogens with two attached hydrogens (primary N) is 1. The second kappa shape index (κ2) is 13.1. The molecule has 0 bridgehead atoms. The Kier molecular flexibility index (Phi) is 11.6. The summed E-state index contributed by atoms with van der Waals surface area (Å²) < 4.78 is 0. The van der Waals surface area contributed by atoms with Crippen LogP contribution in [0.5, 0.6) is 0 Å². The van der Waals surface area contributed by atoms with Gasteiger partial charge in [-0.25, -0.2) is 9.59 Å². The lowest BCUT2D eigenvalue weighted by molar-refractivity contribution is 0.0680. The Morgan fingerprint density at radius 2 is 1.69 bits per heavy atom. The number of carboxylic acid groups (broad SMARTS) is 2. The SMILES string of the molecule is CCCCCCCC[Si](C)(C)CCSC(CN)c1cc(C(=O)O)ccc1C(=O)O. The number of rotatable bonds is 15. The summed E-state index contributed by atoms with van der Waals surface area (Å²) in [6.45, 7) is 7.36. The van der Waals surface area contributed by atoms with E-state index in [4.69, 9.17) is 5.73 Å². The summed E-state index contributed by atoms with van der Waals surface area (Å²) in [5.74, 6) is -1.18. The van der Waals surface area contributed by atoms with Crippen LogP contribution < -0.4 is 5.73 Å². The molecule has 0 aliphatic carbocycles. The monoisotopic (exact) mass is 439 g/mol. The molecule has 1 aromatic rings. The predicted octanol–water partition coefficient (Wildman–Crippen LogP) is 5.88. The van der Waals surface area contributed by atoms with Crippen LogP contribution in [-0.4, -0.2) is 42.5 Å². The Labute approximate surface area is 180 Å². The smallest absolute Gasteiger partial charge is 0.336 e. The molecule has 164 valence electrons. The van der Waals surface area contributed by atoms with E-state index in [0.29, 0.717) is 5.56 Å². The predicted molar refractivity (Wildman–Crippen MR) is 125 cm³/mol. The first-order valence-electron chi connectivity index (χ1n) is 10.6. The molecule has 0 fully saturated rings. The molecule has 0 aromatic heterocycles. The highest BCUT2D eigenvalue weighted by Gasteiger charge is 2.23. The quantitative estimate of drug-likeness (QED) is 0.233. The van der Waals surface area contributed by atoms with Crippen LogP contribution in [0.4, 0.5) is 0 Å². The van der Waals surface area contributed by atoms with Crippen LogP contribution in [0.3, 0.4) is 0 Å². The van der Waals surface area contributed by atoms with Gasteiger partial charge in [-0.15, -0.1) is 0 Å². The zero-order valence-corrected chi connectivity index (χ0v) is 19.9. The molecule has 1 rings (SSSR count). The van der Waals surface area contributed by atoms with Crippen LogP contribution in [0.2, 0.25) is 25.2 Å². The highest BCUT2D eigenvalue weighted by molar-refractivity contribution is 7.99. The minimum Gasteiger partial charge on any atom is -0.478 e. The molecule has 0 heterocycles. The number of unbranched alkanes of at least 4 members (excludes halogenated alkanes) is 5. The van der Waals surface area contributed by atoms with Gasteiger partial charge in [-0.2, -0.15) is 11.8 Å². The van der Waals surface area contributed by atoms with E-state index in [1.165, 1.54) is 62.8 Å². The fourth-order valence-electron chi connectivity index (χ4n) is 3.43. The number of carbonyl (C=O) groups is 2. The summed E-state index contributed by atoms with van der Waals surface area (Å²) in [6.07, 6.45) is 7.91. The summed E-state index contributed by atoms with van der Waals surface area (Å²) in [6, 6.07) is 6.66. The topological polar surface area (TPSA) is 101 Å². The van der Waals surface area contributed by atoms with E-state index in [1.54, 1.807) is 11.8 Å². The molecular weight excluding hydrogens is 402 g/mol. The van der Waals surface area contributed by atoms with Gasteiger partial charge in [0.05, 0.1) is 11.1 Å². The van der Waals surface area contributed by atoms with Crippen LogP contribution in [0.25, 0.3) is 0 Å². The molecule has 0 spiro atoms. The van der Waals surface area contributed by atoms with E-state index in [-0.39, 0.29) is 22.9 Å². The highest BCUT2D eigenvalue weighted by Crippen LogP contribution is 2.33. The number of carboxylic acids is 2. The zero-order valence-electron chi connectivity index (χ0n) is 18.1. The van der Waals surface area contributed by atoms with Gasteiger partial charge in [0.15, 0.2) is 0 Å². The molecule has 0 saturated carbocycles. The Morgan fingerprint density at radius 3 is 2.28 bits per heavy atom. The van der Waals surface area contributed by atoms with E-state index in [9.17, 15) is 19.8 Å². The van der Waals surface area contributed by atoms with Gasteiger partial charge in [0.2, 0.25) is 0 Å². The Bertz CT molecular complexity index is 666. The first-order valence-corrected chi connectivity index (χ1v) is 15.1. The molecule has 0 saturated heterocycles. The maximum atomic E-state index is 11.6. The van der Waals surface area contributed by atoms with Gasteiger partial charge in [0.25, 0.3) is 0 Å². The Hall–Kier alpha value is -1.31.